The molecule has 0 N–H and O–H groups in total. The first kappa shape index (κ1) is 6.68. The topological polar surface area (TPSA) is 9.23 Å². The second kappa shape index (κ2) is 3.57. The third-order valence-electron chi connectivity index (χ3n) is 1.53. The molecule has 8 heavy (non-hydrogen) atoms. The van der Waals surface area contributed by atoms with Crippen LogP contribution in [-0.4, -0.2) is 40.9 Å². The Bertz CT molecular complexity index is 79.4. The standard InChI is InChI=1S/C3H12OSi4/c1-2-8-3-4-5-6-7-8/h2,8H,1,3,5-7H2. The molecule has 0 amide bonds. The van der Waals surface area contributed by atoms with Crippen molar-refractivity contribution in [3.63, 3.8) is 0 Å². The monoisotopic (exact) mass is 176 g/mol. The second-order valence-electron chi connectivity index (χ2n) is 2.21. The van der Waals surface area contributed by atoms with Crippen LogP contribution in [0.5, 0.6) is 0 Å². The molecule has 0 aromatic carbocycles. The molecule has 1 atom stereocenters. The van der Waals surface area contributed by atoms with Gasteiger partial charge < -0.3 is 4.43 Å². The predicted molar refractivity (Wildman–Crippen MR) is 48.9 cm³/mol. The second-order valence-corrected chi connectivity index (χ2v) is 26.4. The van der Waals surface area contributed by atoms with Crippen LogP contribution in [0.2, 0.25) is 0 Å². The van der Waals surface area contributed by atoms with Crippen molar-refractivity contribution < 1.29 is 4.43 Å². The minimum Gasteiger partial charge on any atom is -0.432 e. The van der Waals surface area contributed by atoms with E-state index < -0.39 is 0 Å². The number of hydrogen-bond donors (Lipinski definition) is 0. The molecule has 0 aromatic heterocycles. The van der Waals surface area contributed by atoms with E-state index in [2.05, 4.69) is 12.3 Å². The summed E-state index contributed by atoms with van der Waals surface area (Å²) in [7, 11) is 0.842. The quantitative estimate of drug-likeness (QED) is 0.394. The molecular formula is C3H12OSi4. The van der Waals surface area contributed by atoms with Crippen LogP contribution in [0.15, 0.2) is 12.3 Å². The van der Waals surface area contributed by atoms with Gasteiger partial charge in [0.1, 0.15) is 9.28 Å². The molecule has 0 aliphatic carbocycles. The molecule has 0 radical (unpaired) electrons. The van der Waals surface area contributed by atoms with Gasteiger partial charge in [-0.25, -0.2) is 0 Å². The highest BCUT2D eigenvalue weighted by Crippen LogP contribution is 1.87. The average Bonchev–Trinajstić information content (AvgIpc) is 1.90. The van der Waals surface area contributed by atoms with Crippen LogP contribution in [0, 0.1) is 0 Å². The third-order valence-corrected chi connectivity index (χ3v) is 36.2. The van der Waals surface area contributed by atoms with Crippen molar-refractivity contribution in [2.45, 2.75) is 0 Å². The van der Waals surface area contributed by atoms with Crippen molar-refractivity contribution >= 4 is 34.7 Å². The van der Waals surface area contributed by atoms with Crippen molar-refractivity contribution in [3.05, 3.63) is 12.3 Å². The lowest BCUT2D eigenvalue weighted by atomic mass is 11.3. The number of hydrogen-bond acceptors (Lipinski definition) is 1. The zero-order valence-electron chi connectivity index (χ0n) is 5.10. The van der Waals surface area contributed by atoms with Gasteiger partial charge in [0.05, 0.1) is 8.31 Å². The van der Waals surface area contributed by atoms with E-state index in [0.29, 0.717) is 17.1 Å². The Hall–Kier alpha value is 0.568. The molecule has 1 aliphatic rings. The van der Waals surface area contributed by atoms with Gasteiger partial charge in [0.15, 0.2) is 0 Å². The molecular weight excluding hydrogens is 164 g/mol. The van der Waals surface area contributed by atoms with Gasteiger partial charge in [0.2, 0.25) is 0 Å². The maximum atomic E-state index is 5.50. The van der Waals surface area contributed by atoms with Gasteiger partial charge in [-0.15, -0.1) is 12.3 Å². The van der Waals surface area contributed by atoms with Gasteiger partial charge in [0, 0.05) is 23.3 Å². The molecule has 1 rings (SSSR count). The molecule has 1 fully saturated rings. The molecule has 1 nitrogen and oxygen atoms in total. The summed E-state index contributed by atoms with van der Waals surface area (Å²) < 4.78 is 5.50. The van der Waals surface area contributed by atoms with Crippen molar-refractivity contribution in [2.75, 3.05) is 6.23 Å². The largest absolute Gasteiger partial charge is 0.432 e. The van der Waals surface area contributed by atoms with E-state index in [-0.39, 0.29) is 17.6 Å². The van der Waals surface area contributed by atoms with Crippen molar-refractivity contribution in [1.82, 2.24) is 0 Å². The molecule has 1 heterocycles. The van der Waals surface area contributed by atoms with Gasteiger partial charge >= 0.3 is 0 Å². The fraction of sp³-hybridized carbons (Fsp3) is 0.333. The van der Waals surface area contributed by atoms with E-state index in [4.69, 9.17) is 4.43 Å². The third kappa shape index (κ3) is 1.82. The Labute approximate surface area is 58.1 Å². The Kier molecular flexibility index (Phi) is 2.98. The fourth-order valence-electron chi connectivity index (χ4n) is 0.952. The molecule has 46 valence electrons. The molecule has 5 heteroatoms. The first-order valence-corrected chi connectivity index (χ1v) is 16.5. The summed E-state index contributed by atoms with van der Waals surface area (Å²) in [6, 6.07) is 0. The molecule has 1 unspecified atom stereocenters. The normalized spacial score (nSPS) is 38.8. The van der Waals surface area contributed by atoms with E-state index in [1.807, 2.05) is 0 Å². The zero-order chi connectivity index (χ0) is 5.82. The van der Waals surface area contributed by atoms with Crippen LogP contribution in [0.4, 0.5) is 0 Å². The summed E-state index contributed by atoms with van der Waals surface area (Å²) in [4.78, 5) is 0. The molecule has 0 aromatic rings. The highest BCUT2D eigenvalue weighted by atomic mass is 29.7. The minimum atomic E-state index is -0.328. The lowest BCUT2D eigenvalue weighted by molar-refractivity contribution is 0.419. The highest BCUT2D eigenvalue weighted by Gasteiger charge is 2.11. The predicted octanol–water partition coefficient (Wildman–Crippen LogP) is -2.74. The SMILES string of the molecule is C=C[SiH]1CO[SiH2][SiH2][SiH2]1. The van der Waals surface area contributed by atoms with E-state index in [9.17, 15) is 0 Å². The van der Waals surface area contributed by atoms with Crippen LogP contribution in [0.3, 0.4) is 0 Å². The van der Waals surface area contributed by atoms with Gasteiger partial charge in [-0.1, -0.05) is 0 Å². The Morgan fingerprint density at radius 3 is 3.00 bits per heavy atom. The summed E-state index contributed by atoms with van der Waals surface area (Å²) in [5.41, 5.74) is 2.24. The van der Waals surface area contributed by atoms with E-state index >= 15 is 0 Å². The summed E-state index contributed by atoms with van der Waals surface area (Å²) >= 11 is 0. The van der Waals surface area contributed by atoms with E-state index in [1.54, 1.807) is 0 Å². The Morgan fingerprint density at radius 1 is 1.75 bits per heavy atom. The summed E-state index contributed by atoms with van der Waals surface area (Å²) in [5.74, 6) is 0. The van der Waals surface area contributed by atoms with Crippen molar-refractivity contribution in [3.8, 4) is 0 Å². The fourth-order valence-corrected chi connectivity index (χ4v) is 41.5. The maximum Gasteiger partial charge on any atom is 0.139 e. The van der Waals surface area contributed by atoms with Gasteiger partial charge in [0.25, 0.3) is 0 Å². The van der Waals surface area contributed by atoms with Crippen LogP contribution >= 0.6 is 0 Å². The van der Waals surface area contributed by atoms with Crippen molar-refractivity contribution in [2.24, 2.45) is 0 Å². The van der Waals surface area contributed by atoms with Gasteiger partial charge in [-0.2, -0.15) is 0 Å². The van der Waals surface area contributed by atoms with Crippen molar-refractivity contribution in [1.29, 1.82) is 0 Å². The average molecular weight is 176 g/mol. The molecule has 1 aliphatic heterocycles. The summed E-state index contributed by atoms with van der Waals surface area (Å²) in [6.07, 6.45) is 1.19. The van der Waals surface area contributed by atoms with E-state index in [1.165, 1.54) is 6.23 Å². The summed E-state index contributed by atoms with van der Waals surface area (Å²) in [5, 5.41) is 0. The smallest absolute Gasteiger partial charge is 0.139 e. The molecule has 0 saturated carbocycles. The molecule has 0 spiro atoms. The summed E-state index contributed by atoms with van der Waals surface area (Å²) in [6.45, 7) is 3.84. The van der Waals surface area contributed by atoms with Crippen LogP contribution in [-0.2, 0) is 4.43 Å². The van der Waals surface area contributed by atoms with E-state index in [0.717, 1.165) is 0 Å². The van der Waals surface area contributed by atoms with Gasteiger partial charge in [-0.3, -0.25) is 0 Å². The zero-order valence-corrected chi connectivity index (χ0v) is 10.5. The lowest BCUT2D eigenvalue weighted by Gasteiger charge is -2.15. The first-order chi connectivity index (χ1) is 3.93. The number of rotatable bonds is 1. The Morgan fingerprint density at radius 2 is 2.62 bits per heavy atom. The Balaban J connectivity index is 2.22. The maximum absolute atomic E-state index is 5.50. The van der Waals surface area contributed by atoms with Crippen LogP contribution in [0.25, 0.3) is 0 Å². The van der Waals surface area contributed by atoms with Crippen LogP contribution < -0.4 is 0 Å². The molecule has 0 bridgehead atoms. The molecule has 1 saturated heterocycles. The van der Waals surface area contributed by atoms with Gasteiger partial charge in [-0.05, 0) is 0 Å². The first-order valence-electron chi connectivity index (χ1n) is 3.14. The van der Waals surface area contributed by atoms with Crippen LogP contribution in [0.1, 0.15) is 0 Å². The minimum absolute atomic E-state index is 0.155. The highest BCUT2D eigenvalue weighted by molar-refractivity contribution is 7.49. The lowest BCUT2D eigenvalue weighted by Crippen LogP contribution is -2.40.